The third-order valence-corrected chi connectivity index (χ3v) is 2.16. The number of rotatable bonds is 1. The van der Waals surface area contributed by atoms with E-state index >= 15 is 0 Å². The lowest BCUT2D eigenvalue weighted by Gasteiger charge is -2.29. The molecule has 0 unspecified atom stereocenters. The van der Waals surface area contributed by atoms with Gasteiger partial charge < -0.3 is 14.7 Å². The summed E-state index contributed by atoms with van der Waals surface area (Å²) in [6.07, 6.45) is 2.33. The molecule has 0 radical (unpaired) electrons. The van der Waals surface area contributed by atoms with Gasteiger partial charge in [0.05, 0.1) is 6.61 Å². The van der Waals surface area contributed by atoms with Crippen LogP contribution in [-0.2, 0) is 4.74 Å². The summed E-state index contributed by atoms with van der Waals surface area (Å²) >= 11 is 0. The summed E-state index contributed by atoms with van der Waals surface area (Å²) in [6.45, 7) is 6.80. The van der Waals surface area contributed by atoms with E-state index in [9.17, 15) is 4.79 Å². The molecule has 0 atom stereocenters. The Bertz CT molecular complexity index is 265. The minimum Gasteiger partial charge on any atom is -0.444 e. The van der Waals surface area contributed by atoms with Crippen LogP contribution in [0.3, 0.4) is 0 Å². The zero-order chi connectivity index (χ0) is 11.5. The van der Waals surface area contributed by atoms with Crippen molar-refractivity contribution in [2.45, 2.75) is 32.8 Å². The normalized spacial score (nSPS) is 17.3. The summed E-state index contributed by atoms with van der Waals surface area (Å²) in [6, 6.07) is 0. The molecule has 0 spiro atoms. The van der Waals surface area contributed by atoms with Gasteiger partial charge >= 0.3 is 6.09 Å². The van der Waals surface area contributed by atoms with E-state index in [1.807, 2.05) is 26.8 Å². The van der Waals surface area contributed by atoms with Gasteiger partial charge in [-0.3, -0.25) is 0 Å². The van der Waals surface area contributed by atoms with E-state index in [1.54, 1.807) is 4.90 Å². The van der Waals surface area contributed by atoms with Crippen LogP contribution < -0.4 is 0 Å². The van der Waals surface area contributed by atoms with Crippen molar-refractivity contribution in [2.75, 3.05) is 19.7 Å². The first kappa shape index (κ1) is 12.0. The van der Waals surface area contributed by atoms with Crippen molar-refractivity contribution in [2.24, 2.45) is 0 Å². The molecule has 1 rings (SSSR count). The highest BCUT2D eigenvalue weighted by Gasteiger charge is 2.23. The standard InChI is InChI=1S/C11H19NO3/c1-11(2,3)15-10(14)12-6-4-9(8-13)5-7-12/h4,13H,5-8H2,1-3H3. The number of hydrogen-bond acceptors (Lipinski definition) is 3. The van der Waals surface area contributed by atoms with Gasteiger partial charge in [0, 0.05) is 13.1 Å². The van der Waals surface area contributed by atoms with Gasteiger partial charge in [0.1, 0.15) is 5.60 Å². The first-order valence-corrected chi connectivity index (χ1v) is 5.19. The van der Waals surface area contributed by atoms with Crippen LogP contribution in [0, 0.1) is 0 Å². The lowest BCUT2D eigenvalue weighted by molar-refractivity contribution is 0.0263. The van der Waals surface area contributed by atoms with Gasteiger partial charge in [-0.05, 0) is 32.8 Å². The summed E-state index contributed by atoms with van der Waals surface area (Å²) in [5.74, 6) is 0. The molecule has 0 saturated heterocycles. The van der Waals surface area contributed by atoms with Crippen LogP contribution in [0.1, 0.15) is 27.2 Å². The van der Waals surface area contributed by atoms with Gasteiger partial charge in [-0.1, -0.05) is 6.08 Å². The molecule has 1 amide bonds. The Morgan fingerprint density at radius 1 is 1.60 bits per heavy atom. The Labute approximate surface area is 90.5 Å². The Hall–Kier alpha value is -1.03. The number of aliphatic hydroxyl groups excluding tert-OH is 1. The van der Waals surface area contributed by atoms with Crippen LogP contribution >= 0.6 is 0 Å². The number of nitrogens with zero attached hydrogens (tertiary/aromatic N) is 1. The molecular weight excluding hydrogens is 194 g/mol. The van der Waals surface area contributed by atoms with Gasteiger partial charge in [-0.25, -0.2) is 4.79 Å². The number of aliphatic hydroxyl groups is 1. The minimum atomic E-state index is -0.446. The maximum Gasteiger partial charge on any atom is 0.410 e. The first-order chi connectivity index (χ1) is 6.92. The zero-order valence-corrected chi connectivity index (χ0v) is 9.62. The zero-order valence-electron chi connectivity index (χ0n) is 9.62. The molecule has 0 saturated carbocycles. The highest BCUT2D eigenvalue weighted by Crippen LogP contribution is 2.14. The third-order valence-electron chi connectivity index (χ3n) is 2.16. The fourth-order valence-corrected chi connectivity index (χ4v) is 1.35. The van der Waals surface area contributed by atoms with E-state index in [-0.39, 0.29) is 12.7 Å². The van der Waals surface area contributed by atoms with Gasteiger partial charge in [0.15, 0.2) is 0 Å². The summed E-state index contributed by atoms with van der Waals surface area (Å²) in [4.78, 5) is 13.3. The summed E-state index contributed by atoms with van der Waals surface area (Å²) in [5, 5.41) is 8.90. The molecule has 1 N–H and O–H groups in total. The van der Waals surface area contributed by atoms with Crippen molar-refractivity contribution in [1.29, 1.82) is 0 Å². The number of hydrogen-bond donors (Lipinski definition) is 1. The second-order valence-corrected chi connectivity index (χ2v) is 4.70. The largest absolute Gasteiger partial charge is 0.444 e. The summed E-state index contributed by atoms with van der Waals surface area (Å²) in [7, 11) is 0. The second-order valence-electron chi connectivity index (χ2n) is 4.70. The molecule has 1 aliphatic rings. The number of amides is 1. The SMILES string of the molecule is CC(C)(C)OC(=O)N1CC=C(CO)CC1. The molecule has 0 fully saturated rings. The molecule has 86 valence electrons. The van der Waals surface area contributed by atoms with Crippen LogP contribution in [0.25, 0.3) is 0 Å². The van der Waals surface area contributed by atoms with E-state index in [0.29, 0.717) is 13.1 Å². The average Bonchev–Trinajstić information content (AvgIpc) is 2.15. The number of carbonyl (C=O) groups excluding carboxylic acids is 1. The van der Waals surface area contributed by atoms with Crippen molar-refractivity contribution in [1.82, 2.24) is 4.90 Å². The van der Waals surface area contributed by atoms with E-state index in [1.165, 1.54) is 0 Å². The Morgan fingerprint density at radius 2 is 2.27 bits per heavy atom. The molecule has 4 heteroatoms. The molecule has 0 bridgehead atoms. The summed E-state index contributed by atoms with van der Waals surface area (Å²) in [5.41, 5.74) is 0.549. The highest BCUT2D eigenvalue weighted by atomic mass is 16.6. The van der Waals surface area contributed by atoms with Crippen LogP contribution in [0.5, 0.6) is 0 Å². The monoisotopic (exact) mass is 213 g/mol. The van der Waals surface area contributed by atoms with Crippen LogP contribution in [0.2, 0.25) is 0 Å². The highest BCUT2D eigenvalue weighted by molar-refractivity contribution is 5.68. The molecule has 1 heterocycles. The molecule has 0 aromatic rings. The fraction of sp³-hybridized carbons (Fsp3) is 0.727. The van der Waals surface area contributed by atoms with E-state index in [2.05, 4.69) is 0 Å². The van der Waals surface area contributed by atoms with Crippen LogP contribution in [0.15, 0.2) is 11.6 Å². The van der Waals surface area contributed by atoms with E-state index in [0.717, 1.165) is 12.0 Å². The fourth-order valence-electron chi connectivity index (χ4n) is 1.35. The number of carbonyl (C=O) groups is 1. The van der Waals surface area contributed by atoms with Crippen LogP contribution in [0.4, 0.5) is 4.79 Å². The van der Waals surface area contributed by atoms with Crippen LogP contribution in [-0.4, -0.2) is 41.4 Å². The number of ether oxygens (including phenoxy) is 1. The van der Waals surface area contributed by atoms with Gasteiger partial charge in [0.2, 0.25) is 0 Å². The van der Waals surface area contributed by atoms with Gasteiger partial charge in [-0.15, -0.1) is 0 Å². The van der Waals surface area contributed by atoms with Crippen molar-refractivity contribution >= 4 is 6.09 Å². The first-order valence-electron chi connectivity index (χ1n) is 5.19. The Kier molecular flexibility index (Phi) is 3.74. The van der Waals surface area contributed by atoms with E-state index < -0.39 is 5.60 Å². The maximum atomic E-state index is 11.6. The lowest BCUT2D eigenvalue weighted by Crippen LogP contribution is -2.39. The van der Waals surface area contributed by atoms with Crippen molar-refractivity contribution in [3.63, 3.8) is 0 Å². The Morgan fingerprint density at radius 3 is 2.67 bits per heavy atom. The summed E-state index contributed by atoms with van der Waals surface area (Å²) < 4.78 is 5.24. The molecule has 0 aliphatic carbocycles. The Balaban J connectivity index is 2.47. The predicted molar refractivity (Wildman–Crippen MR) is 57.6 cm³/mol. The quantitative estimate of drug-likeness (QED) is 0.672. The molecular formula is C11H19NO3. The molecule has 0 aromatic heterocycles. The molecule has 1 aliphatic heterocycles. The van der Waals surface area contributed by atoms with Gasteiger partial charge in [-0.2, -0.15) is 0 Å². The lowest BCUT2D eigenvalue weighted by atomic mass is 10.1. The average molecular weight is 213 g/mol. The molecule has 15 heavy (non-hydrogen) atoms. The molecule has 4 nitrogen and oxygen atoms in total. The van der Waals surface area contributed by atoms with Crippen molar-refractivity contribution in [3.8, 4) is 0 Å². The smallest absolute Gasteiger partial charge is 0.410 e. The second kappa shape index (κ2) is 4.66. The minimum absolute atomic E-state index is 0.0855. The predicted octanol–water partition coefficient (Wildman–Crippen LogP) is 1.55. The third kappa shape index (κ3) is 3.91. The van der Waals surface area contributed by atoms with Crippen molar-refractivity contribution < 1.29 is 14.6 Å². The maximum absolute atomic E-state index is 11.6. The molecule has 0 aromatic carbocycles. The van der Waals surface area contributed by atoms with Crippen molar-refractivity contribution in [3.05, 3.63) is 11.6 Å². The van der Waals surface area contributed by atoms with Gasteiger partial charge in [0.25, 0.3) is 0 Å². The topological polar surface area (TPSA) is 49.8 Å². The van der Waals surface area contributed by atoms with E-state index in [4.69, 9.17) is 9.84 Å².